The Morgan fingerprint density at radius 2 is 2.06 bits per heavy atom. The minimum Gasteiger partial charge on any atom is -0.487 e. The highest BCUT2D eigenvalue weighted by Crippen LogP contribution is 2.27. The summed E-state index contributed by atoms with van der Waals surface area (Å²) in [7, 11) is 0. The van der Waals surface area contributed by atoms with Crippen LogP contribution >= 0.6 is 11.6 Å². The van der Waals surface area contributed by atoms with Crippen molar-refractivity contribution in [2.24, 2.45) is 0 Å². The number of halogens is 1. The molecular formula is C13H17ClO2. The van der Waals surface area contributed by atoms with Gasteiger partial charge in [0.05, 0.1) is 0 Å². The number of carbonyl (C=O) groups excluding carboxylic acids is 1. The summed E-state index contributed by atoms with van der Waals surface area (Å²) in [6, 6.07) is 5.47. The molecule has 88 valence electrons. The first-order valence-corrected chi connectivity index (χ1v) is 5.62. The number of benzene rings is 1. The van der Waals surface area contributed by atoms with Crippen molar-refractivity contribution in [1.29, 1.82) is 0 Å². The van der Waals surface area contributed by atoms with Crippen LogP contribution in [0.5, 0.6) is 5.75 Å². The highest BCUT2D eigenvalue weighted by molar-refractivity contribution is 6.30. The predicted octanol–water partition coefficient (Wildman–Crippen LogP) is 3.78. The molecule has 3 heteroatoms. The molecule has 0 bridgehead atoms. The van der Waals surface area contributed by atoms with Crippen LogP contribution in [0.2, 0.25) is 5.02 Å². The third-order valence-corrected chi connectivity index (χ3v) is 2.43. The van der Waals surface area contributed by atoms with Crippen LogP contribution in [0.1, 0.15) is 32.8 Å². The number of hydrogen-bond acceptors (Lipinski definition) is 2. The standard InChI is InChI=1S/C13H17ClO2/c1-9-7-11(14)5-6-12(9)16-13(3,4)8-10(2)15/h5-7H,8H2,1-4H3. The zero-order valence-corrected chi connectivity index (χ0v) is 10.9. The maximum absolute atomic E-state index is 11.1. The Morgan fingerprint density at radius 3 is 2.56 bits per heavy atom. The molecule has 0 unspecified atom stereocenters. The Balaban J connectivity index is 2.83. The summed E-state index contributed by atoms with van der Waals surface area (Å²) in [6.07, 6.45) is 0.398. The normalized spacial score (nSPS) is 11.3. The first-order chi connectivity index (χ1) is 7.30. The number of carbonyl (C=O) groups is 1. The van der Waals surface area contributed by atoms with Crippen LogP contribution in [0.4, 0.5) is 0 Å². The first-order valence-electron chi connectivity index (χ1n) is 5.25. The molecule has 0 atom stereocenters. The predicted molar refractivity (Wildman–Crippen MR) is 66.2 cm³/mol. The van der Waals surface area contributed by atoms with Crippen molar-refractivity contribution in [1.82, 2.24) is 0 Å². The van der Waals surface area contributed by atoms with Crippen molar-refractivity contribution in [2.75, 3.05) is 0 Å². The minimum atomic E-state index is -0.482. The quantitative estimate of drug-likeness (QED) is 0.801. The highest BCUT2D eigenvalue weighted by Gasteiger charge is 2.22. The molecule has 0 aliphatic rings. The van der Waals surface area contributed by atoms with E-state index in [2.05, 4.69) is 0 Å². The number of rotatable bonds is 4. The number of ketones is 1. The van der Waals surface area contributed by atoms with Crippen molar-refractivity contribution in [3.8, 4) is 5.75 Å². The second-order valence-corrected chi connectivity index (χ2v) is 5.09. The molecule has 0 aliphatic heterocycles. The summed E-state index contributed by atoms with van der Waals surface area (Å²) in [5.74, 6) is 0.896. The smallest absolute Gasteiger partial charge is 0.133 e. The molecule has 0 radical (unpaired) electrons. The Labute approximate surface area is 102 Å². The summed E-state index contributed by atoms with van der Waals surface area (Å²) < 4.78 is 5.82. The lowest BCUT2D eigenvalue weighted by atomic mass is 10.0. The van der Waals surface area contributed by atoms with Crippen molar-refractivity contribution in [3.05, 3.63) is 28.8 Å². The van der Waals surface area contributed by atoms with Gasteiger partial charge in [-0.15, -0.1) is 0 Å². The van der Waals surface area contributed by atoms with Gasteiger partial charge in [-0.3, -0.25) is 4.79 Å². The van der Waals surface area contributed by atoms with Gasteiger partial charge in [0.25, 0.3) is 0 Å². The van der Waals surface area contributed by atoms with Gasteiger partial charge in [-0.05, 0) is 51.5 Å². The molecular weight excluding hydrogens is 224 g/mol. The molecule has 0 fully saturated rings. The number of hydrogen-bond donors (Lipinski definition) is 0. The zero-order chi connectivity index (χ0) is 12.3. The summed E-state index contributed by atoms with van der Waals surface area (Å²) in [6.45, 7) is 7.32. The molecule has 0 aliphatic carbocycles. The Bertz CT molecular complexity index is 397. The Morgan fingerprint density at radius 1 is 1.44 bits per heavy atom. The molecule has 0 saturated carbocycles. The fraction of sp³-hybridized carbons (Fsp3) is 0.462. The van der Waals surface area contributed by atoms with E-state index in [4.69, 9.17) is 16.3 Å². The van der Waals surface area contributed by atoms with Gasteiger partial charge < -0.3 is 4.74 Å². The molecule has 0 aromatic heterocycles. The lowest BCUT2D eigenvalue weighted by molar-refractivity contribution is -0.120. The molecule has 0 spiro atoms. The summed E-state index contributed by atoms with van der Waals surface area (Å²) in [4.78, 5) is 11.1. The zero-order valence-electron chi connectivity index (χ0n) is 10.1. The second kappa shape index (κ2) is 4.88. The first kappa shape index (κ1) is 13.0. The van der Waals surface area contributed by atoms with Gasteiger partial charge in [0.2, 0.25) is 0 Å². The minimum absolute atomic E-state index is 0.122. The lowest BCUT2D eigenvalue weighted by Gasteiger charge is -2.26. The fourth-order valence-electron chi connectivity index (χ4n) is 1.66. The summed E-state index contributed by atoms with van der Waals surface area (Å²) >= 11 is 5.86. The second-order valence-electron chi connectivity index (χ2n) is 4.65. The van der Waals surface area contributed by atoms with E-state index in [1.54, 1.807) is 13.0 Å². The van der Waals surface area contributed by atoms with Gasteiger partial charge in [-0.25, -0.2) is 0 Å². The van der Waals surface area contributed by atoms with Gasteiger partial charge in [0.1, 0.15) is 17.1 Å². The number of Topliss-reactive ketones (excluding diaryl/α,β-unsaturated/α-hetero) is 1. The molecule has 16 heavy (non-hydrogen) atoms. The Kier molecular flexibility index (Phi) is 3.98. The monoisotopic (exact) mass is 240 g/mol. The maximum atomic E-state index is 11.1. The van der Waals surface area contributed by atoms with Gasteiger partial charge in [0.15, 0.2) is 0 Å². The van der Waals surface area contributed by atoms with E-state index in [9.17, 15) is 4.79 Å². The average Bonchev–Trinajstić information content (AvgIpc) is 2.07. The van der Waals surface area contributed by atoms with Crippen LogP contribution in [-0.2, 0) is 4.79 Å². The van der Waals surface area contributed by atoms with Gasteiger partial charge in [-0.1, -0.05) is 11.6 Å². The largest absolute Gasteiger partial charge is 0.487 e. The number of ether oxygens (including phenoxy) is 1. The van der Waals surface area contributed by atoms with E-state index < -0.39 is 5.60 Å². The van der Waals surface area contributed by atoms with Crippen LogP contribution in [0, 0.1) is 6.92 Å². The van der Waals surface area contributed by atoms with E-state index in [0.29, 0.717) is 11.4 Å². The molecule has 2 nitrogen and oxygen atoms in total. The van der Waals surface area contributed by atoms with E-state index >= 15 is 0 Å². The SMILES string of the molecule is CC(=O)CC(C)(C)Oc1ccc(Cl)cc1C. The third kappa shape index (κ3) is 3.86. The van der Waals surface area contributed by atoms with Gasteiger partial charge in [0, 0.05) is 11.4 Å². The molecule has 1 rings (SSSR count). The molecule has 0 saturated heterocycles. The molecule has 0 heterocycles. The van der Waals surface area contributed by atoms with E-state index in [1.807, 2.05) is 32.9 Å². The maximum Gasteiger partial charge on any atom is 0.133 e. The van der Waals surface area contributed by atoms with E-state index in [1.165, 1.54) is 0 Å². The molecule has 1 aromatic rings. The van der Waals surface area contributed by atoms with Crippen LogP contribution in [0.3, 0.4) is 0 Å². The number of aryl methyl sites for hydroxylation is 1. The summed E-state index contributed by atoms with van der Waals surface area (Å²) in [5.41, 5.74) is 0.494. The lowest BCUT2D eigenvalue weighted by Crippen LogP contribution is -2.30. The third-order valence-electron chi connectivity index (χ3n) is 2.20. The van der Waals surface area contributed by atoms with Crippen LogP contribution in [0.25, 0.3) is 0 Å². The van der Waals surface area contributed by atoms with Crippen molar-refractivity contribution >= 4 is 17.4 Å². The van der Waals surface area contributed by atoms with Crippen LogP contribution in [-0.4, -0.2) is 11.4 Å². The van der Waals surface area contributed by atoms with E-state index in [-0.39, 0.29) is 5.78 Å². The van der Waals surface area contributed by atoms with Gasteiger partial charge >= 0.3 is 0 Å². The van der Waals surface area contributed by atoms with Crippen molar-refractivity contribution in [3.63, 3.8) is 0 Å². The molecule has 1 aromatic carbocycles. The Hall–Kier alpha value is -1.02. The average molecular weight is 241 g/mol. The van der Waals surface area contributed by atoms with Crippen molar-refractivity contribution < 1.29 is 9.53 Å². The summed E-state index contributed by atoms with van der Waals surface area (Å²) in [5, 5.41) is 0.689. The fourth-order valence-corrected chi connectivity index (χ4v) is 1.89. The highest BCUT2D eigenvalue weighted by atomic mass is 35.5. The van der Waals surface area contributed by atoms with Gasteiger partial charge in [-0.2, -0.15) is 0 Å². The molecule has 0 amide bonds. The van der Waals surface area contributed by atoms with Crippen molar-refractivity contribution in [2.45, 2.75) is 39.7 Å². The molecule has 0 N–H and O–H groups in total. The van der Waals surface area contributed by atoms with Crippen LogP contribution in [0.15, 0.2) is 18.2 Å². The van der Waals surface area contributed by atoms with E-state index in [0.717, 1.165) is 11.3 Å². The topological polar surface area (TPSA) is 26.3 Å². The van der Waals surface area contributed by atoms with Crippen LogP contribution < -0.4 is 4.74 Å².